The molecule has 5 heteroatoms. The summed E-state index contributed by atoms with van der Waals surface area (Å²) in [7, 11) is -3.11. The molecular weight excluding hydrogens is 224 g/mol. The summed E-state index contributed by atoms with van der Waals surface area (Å²) in [6, 6.07) is 0.423. The molecular formula is C11H24N2O2S. The molecule has 2 atom stereocenters. The van der Waals surface area contributed by atoms with Crippen LogP contribution in [-0.4, -0.2) is 43.1 Å². The van der Waals surface area contributed by atoms with Gasteiger partial charge in [-0.1, -0.05) is 13.8 Å². The van der Waals surface area contributed by atoms with Gasteiger partial charge in [-0.2, -0.15) is 4.31 Å². The van der Waals surface area contributed by atoms with E-state index in [4.69, 9.17) is 0 Å². The number of hydrogen-bond donors (Lipinski definition) is 1. The maximum atomic E-state index is 12.2. The molecule has 4 nitrogen and oxygen atoms in total. The van der Waals surface area contributed by atoms with E-state index in [0.29, 0.717) is 12.6 Å². The normalized spacial score (nSPS) is 28.6. The Bertz CT molecular complexity index is 314. The number of nitrogens with one attached hydrogen (secondary N) is 1. The highest BCUT2D eigenvalue weighted by Gasteiger charge is 2.35. The van der Waals surface area contributed by atoms with Gasteiger partial charge in [0.05, 0.1) is 5.25 Å². The Kier molecular flexibility index (Phi) is 4.76. The van der Waals surface area contributed by atoms with Gasteiger partial charge in [0.1, 0.15) is 0 Å². The highest BCUT2D eigenvalue weighted by atomic mass is 32.2. The van der Waals surface area contributed by atoms with Crippen molar-refractivity contribution in [2.24, 2.45) is 0 Å². The van der Waals surface area contributed by atoms with Gasteiger partial charge in [-0.3, -0.25) is 0 Å². The molecule has 0 radical (unpaired) electrons. The Morgan fingerprint density at radius 2 is 1.94 bits per heavy atom. The Balaban J connectivity index is 2.88. The van der Waals surface area contributed by atoms with Gasteiger partial charge < -0.3 is 5.32 Å². The lowest BCUT2D eigenvalue weighted by molar-refractivity contribution is 0.214. The molecule has 16 heavy (non-hydrogen) atoms. The maximum absolute atomic E-state index is 12.2. The van der Waals surface area contributed by atoms with Crippen LogP contribution in [0, 0.1) is 0 Å². The first-order chi connectivity index (χ1) is 7.43. The SMILES string of the molecule is CCC1CN(S(=O)(=O)C(C)C)C(CC)CN1. The summed E-state index contributed by atoms with van der Waals surface area (Å²) < 4.78 is 26.1. The van der Waals surface area contributed by atoms with Crippen molar-refractivity contribution < 1.29 is 8.42 Å². The predicted molar refractivity (Wildman–Crippen MR) is 66.9 cm³/mol. The molecule has 1 saturated heterocycles. The van der Waals surface area contributed by atoms with E-state index in [9.17, 15) is 8.42 Å². The third-order valence-electron chi connectivity index (χ3n) is 3.34. The van der Waals surface area contributed by atoms with Crippen molar-refractivity contribution in [2.75, 3.05) is 13.1 Å². The highest BCUT2D eigenvalue weighted by Crippen LogP contribution is 2.19. The van der Waals surface area contributed by atoms with Gasteiger partial charge in [0.25, 0.3) is 0 Å². The first-order valence-electron chi connectivity index (χ1n) is 6.17. The monoisotopic (exact) mass is 248 g/mol. The third-order valence-corrected chi connectivity index (χ3v) is 5.63. The van der Waals surface area contributed by atoms with Crippen LogP contribution in [0.5, 0.6) is 0 Å². The maximum Gasteiger partial charge on any atom is 0.216 e. The molecule has 0 aliphatic carbocycles. The summed E-state index contributed by atoms with van der Waals surface area (Å²) in [5.74, 6) is 0. The van der Waals surface area contributed by atoms with Gasteiger partial charge in [-0.15, -0.1) is 0 Å². The topological polar surface area (TPSA) is 49.4 Å². The molecule has 1 fully saturated rings. The van der Waals surface area contributed by atoms with Crippen LogP contribution in [0.4, 0.5) is 0 Å². The van der Waals surface area contributed by atoms with Crippen LogP contribution in [0.1, 0.15) is 40.5 Å². The van der Waals surface area contributed by atoms with E-state index in [1.165, 1.54) is 0 Å². The van der Waals surface area contributed by atoms with Crippen LogP contribution in [0.2, 0.25) is 0 Å². The molecule has 0 aromatic heterocycles. The van der Waals surface area contributed by atoms with Crippen LogP contribution in [-0.2, 0) is 10.0 Å². The van der Waals surface area contributed by atoms with Gasteiger partial charge in [0, 0.05) is 25.2 Å². The zero-order valence-electron chi connectivity index (χ0n) is 10.7. The fraction of sp³-hybridized carbons (Fsp3) is 1.00. The Morgan fingerprint density at radius 3 is 2.38 bits per heavy atom. The number of hydrogen-bond acceptors (Lipinski definition) is 3. The van der Waals surface area contributed by atoms with Crippen molar-refractivity contribution in [3.05, 3.63) is 0 Å². The number of rotatable bonds is 4. The second-order valence-corrected chi connectivity index (χ2v) is 7.18. The molecule has 1 heterocycles. The van der Waals surface area contributed by atoms with Crippen LogP contribution in [0.3, 0.4) is 0 Å². The van der Waals surface area contributed by atoms with Crippen molar-refractivity contribution >= 4 is 10.0 Å². The van der Waals surface area contributed by atoms with E-state index >= 15 is 0 Å². The minimum atomic E-state index is -3.11. The molecule has 0 bridgehead atoms. The lowest BCUT2D eigenvalue weighted by Gasteiger charge is -2.39. The van der Waals surface area contributed by atoms with E-state index in [1.807, 2.05) is 6.92 Å². The number of piperazine rings is 1. The first-order valence-corrected chi connectivity index (χ1v) is 7.67. The summed E-state index contributed by atoms with van der Waals surface area (Å²) in [5, 5.41) is 3.08. The minimum absolute atomic E-state index is 0.121. The van der Waals surface area contributed by atoms with Crippen molar-refractivity contribution in [1.29, 1.82) is 0 Å². The van der Waals surface area contributed by atoms with Gasteiger partial charge in [0.15, 0.2) is 0 Å². The van der Waals surface area contributed by atoms with Gasteiger partial charge in [0.2, 0.25) is 10.0 Å². The highest BCUT2D eigenvalue weighted by molar-refractivity contribution is 7.89. The first kappa shape index (κ1) is 13.9. The quantitative estimate of drug-likeness (QED) is 0.813. The largest absolute Gasteiger partial charge is 0.311 e. The Morgan fingerprint density at radius 1 is 1.31 bits per heavy atom. The second kappa shape index (κ2) is 5.47. The molecule has 1 rings (SSSR count). The molecule has 96 valence electrons. The van der Waals surface area contributed by atoms with E-state index in [1.54, 1.807) is 18.2 Å². The molecule has 0 amide bonds. The van der Waals surface area contributed by atoms with Crippen molar-refractivity contribution in [2.45, 2.75) is 57.9 Å². The molecule has 0 aromatic rings. The standard InChI is InChI=1S/C11H24N2O2S/c1-5-10-8-13(11(6-2)7-12-10)16(14,15)9(3)4/h9-12H,5-8H2,1-4H3. The Labute approximate surface area is 99.5 Å². The van der Waals surface area contributed by atoms with Gasteiger partial charge in [-0.25, -0.2) is 8.42 Å². The van der Waals surface area contributed by atoms with E-state index < -0.39 is 10.0 Å². The Hall–Kier alpha value is -0.130. The smallest absolute Gasteiger partial charge is 0.216 e. The number of nitrogens with zero attached hydrogens (tertiary/aromatic N) is 1. The van der Waals surface area contributed by atoms with E-state index in [2.05, 4.69) is 12.2 Å². The summed E-state index contributed by atoms with van der Waals surface area (Å²) in [4.78, 5) is 0. The fourth-order valence-corrected chi connectivity index (χ4v) is 3.61. The van der Waals surface area contributed by atoms with Crippen molar-refractivity contribution in [3.8, 4) is 0 Å². The van der Waals surface area contributed by atoms with Crippen LogP contribution in [0.25, 0.3) is 0 Å². The predicted octanol–water partition coefficient (Wildman–Crippen LogP) is 1.19. The molecule has 0 spiro atoms. The van der Waals surface area contributed by atoms with Crippen molar-refractivity contribution in [3.63, 3.8) is 0 Å². The third kappa shape index (κ3) is 2.76. The lowest BCUT2D eigenvalue weighted by Crippen LogP contribution is -2.58. The lowest BCUT2D eigenvalue weighted by atomic mass is 10.1. The van der Waals surface area contributed by atoms with E-state index in [-0.39, 0.29) is 11.3 Å². The van der Waals surface area contributed by atoms with E-state index in [0.717, 1.165) is 19.4 Å². The van der Waals surface area contributed by atoms with Gasteiger partial charge in [-0.05, 0) is 26.7 Å². The fourth-order valence-electron chi connectivity index (χ4n) is 2.04. The molecule has 2 unspecified atom stereocenters. The molecule has 1 aliphatic rings. The number of sulfonamides is 1. The summed E-state index contributed by atoms with van der Waals surface area (Å²) >= 11 is 0. The molecule has 0 aromatic carbocycles. The molecule has 0 saturated carbocycles. The molecule has 1 aliphatic heterocycles. The zero-order chi connectivity index (χ0) is 12.3. The van der Waals surface area contributed by atoms with Crippen LogP contribution in [0.15, 0.2) is 0 Å². The average Bonchev–Trinajstić information content (AvgIpc) is 2.27. The summed E-state index contributed by atoms with van der Waals surface area (Å²) in [5.41, 5.74) is 0. The zero-order valence-corrected chi connectivity index (χ0v) is 11.5. The van der Waals surface area contributed by atoms with Crippen molar-refractivity contribution in [1.82, 2.24) is 9.62 Å². The van der Waals surface area contributed by atoms with Crippen LogP contribution >= 0.6 is 0 Å². The summed E-state index contributed by atoms with van der Waals surface area (Å²) in [6.07, 6.45) is 1.84. The van der Waals surface area contributed by atoms with Gasteiger partial charge >= 0.3 is 0 Å². The minimum Gasteiger partial charge on any atom is -0.311 e. The molecule has 1 N–H and O–H groups in total. The van der Waals surface area contributed by atoms with Crippen LogP contribution < -0.4 is 5.32 Å². The average molecular weight is 248 g/mol. The summed E-state index contributed by atoms with van der Waals surface area (Å²) in [6.45, 7) is 9.04. The second-order valence-electron chi connectivity index (χ2n) is 4.74.